The molecule has 0 aromatic heterocycles. The highest BCUT2D eigenvalue weighted by Crippen LogP contribution is 2.37. The smallest absolute Gasteiger partial charge is 0.399 e. The molecule has 1 aromatic carbocycles. The van der Waals surface area contributed by atoms with Gasteiger partial charge in [0.15, 0.2) is 0 Å². The summed E-state index contributed by atoms with van der Waals surface area (Å²) in [6.45, 7) is 9.23. The third-order valence-electron chi connectivity index (χ3n) is 4.11. The van der Waals surface area contributed by atoms with Crippen LogP contribution >= 0.6 is 0 Å². The van der Waals surface area contributed by atoms with Gasteiger partial charge in [-0.2, -0.15) is 13.2 Å². The van der Waals surface area contributed by atoms with Gasteiger partial charge in [-0.1, -0.05) is 11.6 Å². The Kier molecular flexibility index (Phi) is 3.46. The van der Waals surface area contributed by atoms with Crippen molar-refractivity contribution in [2.45, 2.75) is 52.0 Å². The summed E-state index contributed by atoms with van der Waals surface area (Å²) in [4.78, 5) is 0. The van der Waals surface area contributed by atoms with Crippen LogP contribution in [-0.2, 0) is 15.5 Å². The summed E-state index contributed by atoms with van der Waals surface area (Å²) >= 11 is 0. The number of benzene rings is 1. The second-order valence-electron chi connectivity index (χ2n) is 6.16. The predicted molar refractivity (Wildman–Crippen MR) is 71.9 cm³/mol. The Bertz CT molecular complexity index is 508. The molecule has 1 aliphatic rings. The average molecular weight is 286 g/mol. The first kappa shape index (κ1) is 15.4. The number of halogens is 3. The maximum atomic E-state index is 12.8. The first-order valence-corrected chi connectivity index (χ1v) is 6.47. The molecule has 0 N–H and O–H groups in total. The third kappa shape index (κ3) is 2.59. The molecular weight excluding hydrogens is 268 g/mol. The minimum absolute atomic E-state index is 0.429. The Labute approximate surface area is 117 Å². The second-order valence-corrected chi connectivity index (χ2v) is 6.16. The predicted octanol–water partition coefficient (Wildman–Crippen LogP) is 3.31. The molecule has 1 aliphatic heterocycles. The molecule has 0 atom stereocenters. The summed E-state index contributed by atoms with van der Waals surface area (Å²) in [6, 6.07) is 3.63. The molecule has 0 spiro atoms. The van der Waals surface area contributed by atoms with Crippen LogP contribution in [0.4, 0.5) is 13.2 Å². The standard InChI is InChI=1S/C14H18BF3O2/c1-9-6-7-10(14(16,17)18)8-11(9)15-19-12(2,3)13(4,5)20-15/h6-8H,1-5H3. The van der Waals surface area contributed by atoms with Crippen molar-refractivity contribution in [3.8, 4) is 0 Å². The van der Waals surface area contributed by atoms with E-state index in [0.29, 0.717) is 5.46 Å². The van der Waals surface area contributed by atoms with Crippen molar-refractivity contribution in [2.75, 3.05) is 0 Å². The maximum Gasteiger partial charge on any atom is 0.495 e. The molecule has 1 heterocycles. The summed E-state index contributed by atoms with van der Waals surface area (Å²) in [5, 5.41) is 0. The number of rotatable bonds is 1. The monoisotopic (exact) mass is 286 g/mol. The van der Waals surface area contributed by atoms with Crippen LogP contribution < -0.4 is 5.46 Å². The van der Waals surface area contributed by atoms with Crippen LogP contribution in [0.5, 0.6) is 0 Å². The van der Waals surface area contributed by atoms with Gasteiger partial charge in [-0.25, -0.2) is 0 Å². The molecule has 1 fully saturated rings. The molecule has 0 aliphatic carbocycles. The molecule has 2 nitrogen and oxygen atoms in total. The van der Waals surface area contributed by atoms with E-state index in [9.17, 15) is 13.2 Å². The quantitative estimate of drug-likeness (QED) is 0.737. The highest BCUT2D eigenvalue weighted by Gasteiger charge is 2.52. The van der Waals surface area contributed by atoms with Gasteiger partial charge >= 0.3 is 13.3 Å². The third-order valence-corrected chi connectivity index (χ3v) is 4.11. The maximum absolute atomic E-state index is 12.8. The van der Waals surface area contributed by atoms with Gasteiger partial charge in [-0.3, -0.25) is 0 Å². The van der Waals surface area contributed by atoms with Crippen molar-refractivity contribution in [3.63, 3.8) is 0 Å². The van der Waals surface area contributed by atoms with Gasteiger partial charge in [0.25, 0.3) is 0 Å². The van der Waals surface area contributed by atoms with Crippen LogP contribution in [0.3, 0.4) is 0 Å². The molecule has 6 heteroatoms. The van der Waals surface area contributed by atoms with E-state index in [1.54, 1.807) is 6.92 Å². The molecule has 0 bridgehead atoms. The first-order chi connectivity index (χ1) is 8.94. The average Bonchev–Trinajstić information content (AvgIpc) is 2.46. The van der Waals surface area contributed by atoms with Gasteiger partial charge in [0, 0.05) is 0 Å². The van der Waals surface area contributed by atoms with Gasteiger partial charge in [-0.15, -0.1) is 0 Å². The highest BCUT2D eigenvalue weighted by atomic mass is 19.4. The molecule has 20 heavy (non-hydrogen) atoms. The highest BCUT2D eigenvalue weighted by molar-refractivity contribution is 6.62. The Morgan fingerprint density at radius 1 is 1.00 bits per heavy atom. The van der Waals surface area contributed by atoms with Gasteiger partial charge < -0.3 is 9.31 Å². The minimum atomic E-state index is -4.37. The number of hydrogen-bond donors (Lipinski definition) is 0. The van der Waals surface area contributed by atoms with E-state index in [-0.39, 0.29) is 0 Å². The van der Waals surface area contributed by atoms with Crippen LogP contribution in [0.15, 0.2) is 18.2 Å². The van der Waals surface area contributed by atoms with Gasteiger partial charge in [0.2, 0.25) is 0 Å². The largest absolute Gasteiger partial charge is 0.495 e. The molecule has 1 saturated heterocycles. The van der Waals surface area contributed by atoms with Crippen LogP contribution in [-0.4, -0.2) is 18.3 Å². The van der Waals surface area contributed by atoms with Crippen molar-refractivity contribution < 1.29 is 22.5 Å². The lowest BCUT2D eigenvalue weighted by molar-refractivity contribution is -0.137. The molecule has 1 aromatic rings. The van der Waals surface area contributed by atoms with E-state index < -0.39 is 30.1 Å². The summed E-state index contributed by atoms with van der Waals surface area (Å²) in [5.74, 6) is 0. The Balaban J connectivity index is 2.40. The van der Waals surface area contributed by atoms with Crippen molar-refractivity contribution in [1.29, 1.82) is 0 Å². The van der Waals surface area contributed by atoms with Crippen LogP contribution in [0, 0.1) is 6.92 Å². The van der Waals surface area contributed by atoms with Crippen molar-refractivity contribution in [3.05, 3.63) is 29.3 Å². The SMILES string of the molecule is Cc1ccc(C(F)(F)F)cc1B1OC(C)(C)C(C)(C)O1. The molecular formula is C14H18BF3O2. The van der Waals surface area contributed by atoms with Crippen LogP contribution in [0.1, 0.15) is 38.8 Å². The normalized spacial score (nSPS) is 21.3. The first-order valence-electron chi connectivity index (χ1n) is 6.47. The lowest BCUT2D eigenvalue weighted by atomic mass is 9.75. The van der Waals surface area contributed by atoms with Crippen LogP contribution in [0.25, 0.3) is 0 Å². The lowest BCUT2D eigenvalue weighted by Gasteiger charge is -2.32. The minimum Gasteiger partial charge on any atom is -0.399 e. The number of alkyl halides is 3. The Morgan fingerprint density at radius 2 is 1.50 bits per heavy atom. The van der Waals surface area contributed by atoms with Gasteiger partial charge in [0.1, 0.15) is 0 Å². The second kappa shape index (κ2) is 4.50. The van der Waals surface area contributed by atoms with Gasteiger partial charge in [0.05, 0.1) is 16.8 Å². The summed E-state index contributed by atoms with van der Waals surface area (Å²) in [6.07, 6.45) is -4.37. The molecule has 0 saturated carbocycles. The van der Waals surface area contributed by atoms with E-state index in [0.717, 1.165) is 17.7 Å². The molecule has 0 radical (unpaired) electrons. The topological polar surface area (TPSA) is 18.5 Å². The Hall–Kier alpha value is -1.01. The molecule has 0 unspecified atom stereocenters. The lowest BCUT2D eigenvalue weighted by Crippen LogP contribution is -2.41. The summed E-state index contributed by atoms with van der Waals surface area (Å²) < 4.78 is 50.0. The van der Waals surface area contributed by atoms with E-state index >= 15 is 0 Å². The van der Waals surface area contributed by atoms with Gasteiger partial charge in [-0.05, 0) is 52.2 Å². The van der Waals surface area contributed by atoms with E-state index in [2.05, 4.69) is 0 Å². The fraction of sp³-hybridized carbons (Fsp3) is 0.571. The fourth-order valence-electron chi connectivity index (χ4n) is 2.04. The Morgan fingerprint density at radius 3 is 1.95 bits per heavy atom. The van der Waals surface area contributed by atoms with Crippen LogP contribution in [0.2, 0.25) is 0 Å². The molecule has 110 valence electrons. The number of aryl methyl sites for hydroxylation is 1. The zero-order valence-corrected chi connectivity index (χ0v) is 12.3. The van der Waals surface area contributed by atoms with Crippen molar-refractivity contribution in [2.24, 2.45) is 0 Å². The van der Waals surface area contributed by atoms with Crippen molar-refractivity contribution >= 4 is 12.6 Å². The zero-order chi connectivity index (χ0) is 15.3. The van der Waals surface area contributed by atoms with Crippen molar-refractivity contribution in [1.82, 2.24) is 0 Å². The van der Waals surface area contributed by atoms with E-state index in [1.807, 2.05) is 27.7 Å². The molecule has 0 amide bonds. The zero-order valence-electron chi connectivity index (χ0n) is 12.3. The number of hydrogen-bond acceptors (Lipinski definition) is 2. The molecule has 2 rings (SSSR count). The van der Waals surface area contributed by atoms with E-state index in [4.69, 9.17) is 9.31 Å². The summed E-state index contributed by atoms with van der Waals surface area (Å²) in [7, 11) is -0.776. The fourth-order valence-corrected chi connectivity index (χ4v) is 2.04. The summed E-state index contributed by atoms with van der Waals surface area (Å²) in [5.41, 5.74) is -0.681. The van der Waals surface area contributed by atoms with E-state index in [1.165, 1.54) is 6.07 Å².